The summed E-state index contributed by atoms with van der Waals surface area (Å²) in [6, 6.07) is 1.57. The van der Waals surface area contributed by atoms with Crippen molar-refractivity contribution in [3.63, 3.8) is 0 Å². The number of aromatic nitrogens is 4. The minimum Gasteiger partial charge on any atom is -0.378 e. The van der Waals surface area contributed by atoms with Crippen molar-refractivity contribution in [3.05, 3.63) is 29.3 Å². The van der Waals surface area contributed by atoms with Crippen molar-refractivity contribution in [2.24, 2.45) is 5.92 Å². The van der Waals surface area contributed by atoms with Crippen LogP contribution in [0.25, 0.3) is 10.2 Å². The van der Waals surface area contributed by atoms with Crippen molar-refractivity contribution in [3.8, 4) is 0 Å². The Morgan fingerprint density at radius 1 is 1.11 bits per heavy atom. The van der Waals surface area contributed by atoms with Crippen molar-refractivity contribution in [1.82, 2.24) is 24.7 Å². The normalized spacial score (nSPS) is 17.4. The fourth-order valence-electron chi connectivity index (χ4n) is 4.40. The Hall–Kier alpha value is -2.20. The highest BCUT2D eigenvalue weighted by atomic mass is 35.5. The highest BCUT2D eigenvalue weighted by Gasteiger charge is 2.26. The molecule has 5 heterocycles. The number of nitrogens with one attached hydrogen (secondary N) is 1. The number of nitrogens with zero attached hydrogens (tertiary/aromatic N) is 6. The molecule has 15 heteroatoms. The lowest BCUT2D eigenvalue weighted by molar-refractivity contribution is -0.300. The van der Waals surface area contributed by atoms with E-state index in [9.17, 15) is 8.42 Å². The SMILES string of the molecule is CCOOCc1cnc(N2CCC(CNS(=O)(=O)c3cc4nc(Cl)nc(N5CCOCC5)c4s3)CC2)nc1. The molecule has 0 unspecified atom stereocenters. The zero-order valence-electron chi connectivity index (χ0n) is 21.0. The van der Waals surface area contributed by atoms with Gasteiger partial charge >= 0.3 is 0 Å². The number of ether oxygens (including phenoxy) is 1. The summed E-state index contributed by atoms with van der Waals surface area (Å²) in [4.78, 5) is 31.6. The first-order valence-electron chi connectivity index (χ1n) is 12.5. The number of hydrogen-bond acceptors (Lipinski definition) is 12. The molecule has 0 amide bonds. The van der Waals surface area contributed by atoms with E-state index in [4.69, 9.17) is 26.1 Å². The predicted octanol–water partition coefficient (Wildman–Crippen LogP) is 2.63. The number of piperidine rings is 1. The first-order chi connectivity index (χ1) is 18.4. The van der Waals surface area contributed by atoms with E-state index in [1.165, 1.54) is 11.3 Å². The van der Waals surface area contributed by atoms with E-state index in [1.807, 2.05) is 6.92 Å². The van der Waals surface area contributed by atoms with E-state index in [-0.39, 0.29) is 15.4 Å². The van der Waals surface area contributed by atoms with Crippen LogP contribution in [0.4, 0.5) is 11.8 Å². The number of morpholine rings is 1. The average Bonchev–Trinajstić information content (AvgIpc) is 3.38. The molecule has 38 heavy (non-hydrogen) atoms. The Bertz CT molecular complexity index is 1330. The number of fused-ring (bicyclic) bond motifs is 1. The molecule has 2 aliphatic rings. The molecule has 2 aliphatic heterocycles. The zero-order valence-corrected chi connectivity index (χ0v) is 23.4. The highest BCUT2D eigenvalue weighted by molar-refractivity contribution is 7.91. The van der Waals surface area contributed by atoms with Crippen molar-refractivity contribution in [2.75, 3.05) is 62.3 Å². The van der Waals surface area contributed by atoms with Gasteiger partial charge in [-0.2, -0.15) is 4.98 Å². The fourth-order valence-corrected chi connectivity index (χ4v) is 7.15. The van der Waals surface area contributed by atoms with Gasteiger partial charge in [0, 0.05) is 50.7 Å². The fraction of sp³-hybridized carbons (Fsp3) is 0.565. The topological polar surface area (TPSA) is 132 Å². The van der Waals surface area contributed by atoms with Gasteiger partial charge in [-0.25, -0.2) is 37.9 Å². The summed E-state index contributed by atoms with van der Waals surface area (Å²) in [5, 5.41) is 0.0953. The highest BCUT2D eigenvalue weighted by Crippen LogP contribution is 2.35. The largest absolute Gasteiger partial charge is 0.378 e. The summed E-state index contributed by atoms with van der Waals surface area (Å²) in [6.45, 7) is 6.99. The van der Waals surface area contributed by atoms with Gasteiger partial charge in [0.25, 0.3) is 0 Å². The van der Waals surface area contributed by atoms with E-state index in [1.54, 1.807) is 18.5 Å². The van der Waals surface area contributed by atoms with Crippen molar-refractivity contribution in [1.29, 1.82) is 0 Å². The minimum atomic E-state index is -3.71. The Kier molecular flexibility index (Phi) is 8.88. The lowest BCUT2D eigenvalue weighted by Gasteiger charge is -2.32. The number of rotatable bonds is 10. The lowest BCUT2D eigenvalue weighted by Crippen LogP contribution is -2.39. The van der Waals surface area contributed by atoms with Crippen LogP contribution in [-0.4, -0.2) is 80.9 Å². The van der Waals surface area contributed by atoms with E-state index >= 15 is 0 Å². The van der Waals surface area contributed by atoms with Crippen LogP contribution >= 0.6 is 22.9 Å². The van der Waals surface area contributed by atoms with Gasteiger partial charge in [-0.1, -0.05) is 0 Å². The monoisotopic (exact) mass is 583 g/mol. The molecule has 0 aliphatic carbocycles. The standard InChI is InChI=1S/C23H30ClN7O5S2/c1-2-35-36-15-17-12-25-23(26-13-17)31-5-3-16(4-6-31)14-27-38(32,33)19-11-18-20(37-19)21(29-22(24)28-18)30-7-9-34-10-8-30/h11-13,16,27H,2-10,14-15H2,1H3. The molecular formula is C23H30ClN7O5S2. The lowest BCUT2D eigenvalue weighted by atomic mass is 9.97. The summed E-state index contributed by atoms with van der Waals surface area (Å²) >= 11 is 7.32. The maximum atomic E-state index is 13.2. The Labute approximate surface area is 230 Å². The molecule has 1 N–H and O–H groups in total. The molecule has 206 valence electrons. The molecule has 3 aromatic rings. The van der Waals surface area contributed by atoms with Gasteiger partial charge in [0.2, 0.25) is 21.3 Å². The molecule has 0 radical (unpaired) electrons. The van der Waals surface area contributed by atoms with Crippen LogP contribution in [0.5, 0.6) is 0 Å². The molecule has 0 saturated carbocycles. The van der Waals surface area contributed by atoms with Crippen LogP contribution in [0, 0.1) is 5.92 Å². The molecule has 12 nitrogen and oxygen atoms in total. The maximum absolute atomic E-state index is 13.2. The molecule has 3 aromatic heterocycles. The Morgan fingerprint density at radius 3 is 2.55 bits per heavy atom. The van der Waals surface area contributed by atoms with Gasteiger partial charge in [-0.15, -0.1) is 11.3 Å². The van der Waals surface area contributed by atoms with E-state index in [2.05, 4.69) is 34.5 Å². The first kappa shape index (κ1) is 27.4. The van der Waals surface area contributed by atoms with Gasteiger partial charge in [-0.3, -0.25) is 0 Å². The first-order valence-corrected chi connectivity index (χ1v) is 15.2. The van der Waals surface area contributed by atoms with Gasteiger partial charge in [0.15, 0.2) is 5.82 Å². The summed E-state index contributed by atoms with van der Waals surface area (Å²) in [6.07, 6.45) is 5.12. The quantitative estimate of drug-likeness (QED) is 0.163. The molecule has 2 fully saturated rings. The number of thiophene rings is 1. The van der Waals surface area contributed by atoms with Crippen LogP contribution in [0.1, 0.15) is 25.3 Å². The molecule has 0 atom stereocenters. The Balaban J connectivity index is 1.17. The van der Waals surface area contributed by atoms with E-state index in [0.717, 1.165) is 31.5 Å². The summed E-state index contributed by atoms with van der Waals surface area (Å²) in [5.41, 5.74) is 1.36. The smallest absolute Gasteiger partial charge is 0.250 e. The summed E-state index contributed by atoms with van der Waals surface area (Å²) < 4.78 is 35.5. The number of anilines is 2. The molecule has 5 rings (SSSR count). The van der Waals surface area contributed by atoms with Gasteiger partial charge in [0.05, 0.1) is 30.0 Å². The molecule has 2 saturated heterocycles. The maximum Gasteiger partial charge on any atom is 0.250 e. The predicted molar refractivity (Wildman–Crippen MR) is 144 cm³/mol. The van der Waals surface area contributed by atoms with Gasteiger partial charge < -0.3 is 14.5 Å². The summed E-state index contributed by atoms with van der Waals surface area (Å²) in [7, 11) is -3.71. The van der Waals surface area contributed by atoms with Crippen molar-refractivity contribution in [2.45, 2.75) is 30.6 Å². The summed E-state index contributed by atoms with van der Waals surface area (Å²) in [5.74, 6) is 1.52. The van der Waals surface area contributed by atoms with E-state index in [0.29, 0.717) is 68.0 Å². The molecule has 0 aromatic carbocycles. The molecular weight excluding hydrogens is 554 g/mol. The van der Waals surface area contributed by atoms with E-state index < -0.39 is 10.0 Å². The number of hydrogen-bond donors (Lipinski definition) is 1. The second-order valence-electron chi connectivity index (χ2n) is 9.04. The molecule has 0 bridgehead atoms. The average molecular weight is 584 g/mol. The molecule has 0 spiro atoms. The second-order valence-corrected chi connectivity index (χ2v) is 12.4. The van der Waals surface area contributed by atoms with Crippen LogP contribution in [0.3, 0.4) is 0 Å². The van der Waals surface area contributed by atoms with Crippen LogP contribution in [0.2, 0.25) is 5.28 Å². The number of halogens is 1. The van der Waals surface area contributed by atoms with Crippen LogP contribution in [0.15, 0.2) is 22.7 Å². The van der Waals surface area contributed by atoms with Crippen LogP contribution < -0.4 is 14.5 Å². The third-order valence-electron chi connectivity index (χ3n) is 6.46. The Morgan fingerprint density at radius 2 is 1.84 bits per heavy atom. The minimum absolute atomic E-state index is 0.0953. The van der Waals surface area contributed by atoms with Gasteiger partial charge in [0.1, 0.15) is 10.8 Å². The third kappa shape index (κ3) is 6.50. The van der Waals surface area contributed by atoms with Crippen molar-refractivity contribution < 1.29 is 22.9 Å². The van der Waals surface area contributed by atoms with Crippen molar-refractivity contribution >= 4 is 54.9 Å². The third-order valence-corrected chi connectivity index (χ3v) is 9.64. The van der Waals surface area contributed by atoms with Gasteiger partial charge in [-0.05, 0) is 43.4 Å². The zero-order chi connectivity index (χ0) is 26.5. The second kappa shape index (κ2) is 12.3. The van der Waals surface area contributed by atoms with Crippen LogP contribution in [-0.2, 0) is 31.1 Å². The number of sulfonamides is 1.